The normalized spacial score (nSPS) is 11.6. The molecule has 0 bridgehead atoms. The van der Waals surface area contributed by atoms with E-state index in [1.165, 1.54) is 0 Å². The Morgan fingerprint density at radius 3 is 0.385 bits per heavy atom. The van der Waals surface area contributed by atoms with E-state index in [0.29, 0.717) is 436 Å². The summed E-state index contributed by atoms with van der Waals surface area (Å²) in [7, 11) is 0. The molecule has 0 fully saturated rings. The van der Waals surface area contributed by atoms with Crippen LogP contribution in [0, 0.1) is 0 Å². The predicted molar refractivity (Wildman–Crippen MR) is 378 cm³/mol. The minimum Gasteiger partial charge on any atom is -0.379 e. The molecule has 0 aliphatic carbocycles. The van der Waals surface area contributed by atoms with Crippen molar-refractivity contribution < 1.29 is 142 Å². The first-order valence-corrected chi connectivity index (χ1v) is 36.6. The lowest BCUT2D eigenvalue weighted by Crippen LogP contribution is -2.34. The largest absolute Gasteiger partial charge is 0.379 e. The average molecular weight is 1520 g/mol. The summed E-state index contributed by atoms with van der Waals surface area (Å²) in [5.74, 6) is 0. The van der Waals surface area contributed by atoms with E-state index >= 15 is 0 Å². The van der Waals surface area contributed by atoms with E-state index in [1.807, 2.05) is 0 Å². The Hall–Kier alpha value is -2.66. The van der Waals surface area contributed by atoms with E-state index in [2.05, 4.69) is 25.0 Å². The van der Waals surface area contributed by atoms with Gasteiger partial charge in [-0.05, 0) is 11.1 Å². The minimum absolute atomic E-state index is 0.312. The molecule has 0 amide bonds. The number of azide groups is 2. The number of hydrogen-bond donors (Lipinski definition) is 1. The lowest BCUT2D eigenvalue weighted by atomic mass is 10.4. The molecular weight excluding hydrogens is 1380 g/mol. The molecule has 0 saturated heterocycles. The van der Waals surface area contributed by atoms with Crippen LogP contribution >= 0.6 is 0 Å². The summed E-state index contributed by atoms with van der Waals surface area (Å²) in [4.78, 5) is 7.57. The van der Waals surface area contributed by atoms with Crippen molar-refractivity contribution in [3.05, 3.63) is 20.9 Å². The van der Waals surface area contributed by atoms with Crippen molar-refractivity contribution in [1.82, 2.24) is 4.90 Å². The Kier molecular flexibility index (Phi) is 95.8. The van der Waals surface area contributed by atoms with Crippen LogP contribution in [0.15, 0.2) is 10.2 Å². The molecule has 0 aromatic rings. The molecule has 2 N–H and O–H groups in total. The fourth-order valence-electron chi connectivity index (χ4n) is 7.54. The van der Waals surface area contributed by atoms with E-state index in [0.717, 1.165) is 0 Å². The first kappa shape index (κ1) is 101. The minimum atomic E-state index is 0.312. The number of hydrogen-bond acceptors (Lipinski definition) is 34. The van der Waals surface area contributed by atoms with Crippen LogP contribution in [0.3, 0.4) is 0 Å². The molecule has 618 valence electrons. The maximum absolute atomic E-state index is 8.21. The van der Waals surface area contributed by atoms with Gasteiger partial charge in [-0.3, -0.25) is 4.90 Å². The molecule has 38 nitrogen and oxygen atoms in total. The van der Waals surface area contributed by atoms with Crippen molar-refractivity contribution in [3.63, 3.8) is 0 Å². The van der Waals surface area contributed by atoms with Gasteiger partial charge in [0.15, 0.2) is 0 Å². The van der Waals surface area contributed by atoms with Crippen LogP contribution in [0.2, 0.25) is 0 Å². The SMILES string of the molecule is [N-]=[N+]=NCCOCCOCCOCCOCCOCCOCCOCCOCCOCCOCCN(CCOCCOCCOCCOCCOCCOCCOCCOCCOCCOCCN)CCOCCOCCOCCOCCOCCOCCOCCOCCOCCOCCN=[N+]=[N-]. The van der Waals surface area contributed by atoms with Crippen LogP contribution in [0.1, 0.15) is 0 Å². The molecule has 0 saturated carbocycles. The molecule has 0 aliphatic rings. The first-order chi connectivity index (χ1) is 51.8. The van der Waals surface area contributed by atoms with Gasteiger partial charge in [0.2, 0.25) is 0 Å². The summed E-state index contributed by atoms with van der Waals surface area (Å²) in [5.41, 5.74) is 21.8. The van der Waals surface area contributed by atoms with E-state index in [-0.39, 0.29) is 0 Å². The number of ether oxygens (including phenoxy) is 30. The fourth-order valence-corrected chi connectivity index (χ4v) is 7.54. The van der Waals surface area contributed by atoms with Crippen LogP contribution in [0.5, 0.6) is 0 Å². The Balaban J connectivity index is 4.02. The molecule has 0 aromatic carbocycles. The zero-order valence-electron chi connectivity index (χ0n) is 62.6. The summed E-state index contributed by atoms with van der Waals surface area (Å²) in [6, 6.07) is 0. The molecule has 0 unspecified atom stereocenters. The molecule has 0 spiro atoms. The summed E-state index contributed by atoms with van der Waals surface area (Å²) >= 11 is 0. The van der Waals surface area contributed by atoms with Crippen LogP contribution in [-0.4, -0.2) is 441 Å². The van der Waals surface area contributed by atoms with E-state index < -0.39 is 0 Å². The zero-order valence-corrected chi connectivity index (χ0v) is 62.6. The quantitative estimate of drug-likeness (QED) is 0.0389. The van der Waals surface area contributed by atoms with Crippen molar-refractivity contribution in [1.29, 1.82) is 0 Å². The average Bonchev–Trinajstić information content (AvgIpc) is 3.59. The maximum Gasteiger partial charge on any atom is 0.0701 e. The predicted octanol–water partition coefficient (Wildman–Crippen LogP) is 1.37. The van der Waals surface area contributed by atoms with Gasteiger partial charge < -0.3 is 148 Å². The number of nitrogens with zero attached hydrogens (tertiary/aromatic N) is 7. The van der Waals surface area contributed by atoms with Crippen LogP contribution in [-0.2, 0) is 142 Å². The van der Waals surface area contributed by atoms with E-state index in [1.54, 1.807) is 0 Å². The Morgan fingerprint density at radius 2 is 0.269 bits per heavy atom. The molecule has 0 heterocycles. The Labute approximate surface area is 617 Å². The third-order valence-corrected chi connectivity index (χ3v) is 12.8. The van der Waals surface area contributed by atoms with Crippen molar-refractivity contribution in [2.24, 2.45) is 16.0 Å². The highest BCUT2D eigenvalue weighted by atomic mass is 16.6. The topological polar surface area (TPSA) is 404 Å². The summed E-state index contributed by atoms with van der Waals surface area (Å²) in [5, 5.41) is 6.78. The molecule has 0 aliphatic heterocycles. The van der Waals surface area contributed by atoms with Crippen LogP contribution in [0.4, 0.5) is 0 Å². The smallest absolute Gasteiger partial charge is 0.0701 e. The van der Waals surface area contributed by atoms with Gasteiger partial charge in [-0.1, -0.05) is 10.2 Å². The standard InChI is InChI=1S/C66H134N8O30/c67-1-7-75-13-19-81-25-31-87-37-43-93-49-55-99-61-64-102-58-52-96-46-40-90-34-28-84-22-16-78-10-4-74(5-11-79-17-23-85-29-35-91-41-47-97-53-59-103-65-62-100-56-50-94-44-38-88-32-26-82-20-14-76-8-2-70-72-68)6-12-80-18-24-86-30-36-92-42-48-98-54-60-104-66-63-101-57-51-95-45-39-89-33-27-83-21-15-77-9-3-71-73-69/h1-67H2. The lowest BCUT2D eigenvalue weighted by Gasteiger charge is -2.22. The molecule has 38 heteroatoms. The molecule has 0 radical (unpaired) electrons. The van der Waals surface area contributed by atoms with Gasteiger partial charge in [-0.25, -0.2) is 0 Å². The lowest BCUT2D eigenvalue weighted by molar-refractivity contribution is -0.0282. The highest BCUT2D eigenvalue weighted by Crippen LogP contribution is 1.96. The third-order valence-electron chi connectivity index (χ3n) is 12.8. The van der Waals surface area contributed by atoms with Crippen LogP contribution < -0.4 is 5.73 Å². The van der Waals surface area contributed by atoms with E-state index in [9.17, 15) is 0 Å². The van der Waals surface area contributed by atoms with Crippen molar-refractivity contribution in [2.45, 2.75) is 0 Å². The fraction of sp³-hybridized carbons (Fsp3) is 1.00. The van der Waals surface area contributed by atoms with Crippen molar-refractivity contribution in [3.8, 4) is 0 Å². The highest BCUT2D eigenvalue weighted by molar-refractivity contribution is 4.58. The summed E-state index contributed by atoms with van der Waals surface area (Å²) in [6.07, 6.45) is 0. The summed E-state index contributed by atoms with van der Waals surface area (Å²) in [6.45, 7) is 31.4. The second kappa shape index (κ2) is 98.3. The number of nitrogens with two attached hydrogens (primary N) is 1. The molecule has 0 rings (SSSR count). The molecule has 104 heavy (non-hydrogen) atoms. The van der Waals surface area contributed by atoms with Crippen molar-refractivity contribution in [2.75, 3.05) is 436 Å². The third kappa shape index (κ3) is 95.4. The molecule has 0 aromatic heterocycles. The maximum atomic E-state index is 8.21. The van der Waals surface area contributed by atoms with Gasteiger partial charge >= 0.3 is 0 Å². The Morgan fingerprint density at radius 1 is 0.163 bits per heavy atom. The van der Waals surface area contributed by atoms with Crippen LogP contribution in [0.25, 0.3) is 20.9 Å². The molecule has 0 atom stereocenters. The van der Waals surface area contributed by atoms with Crippen molar-refractivity contribution >= 4 is 0 Å². The highest BCUT2D eigenvalue weighted by Gasteiger charge is 2.08. The second-order valence-corrected chi connectivity index (χ2v) is 20.9. The monoisotopic (exact) mass is 1520 g/mol. The van der Waals surface area contributed by atoms with Gasteiger partial charge in [-0.15, -0.1) is 0 Å². The van der Waals surface area contributed by atoms with Gasteiger partial charge in [0, 0.05) is 49.1 Å². The van der Waals surface area contributed by atoms with Gasteiger partial charge in [0.05, 0.1) is 396 Å². The van der Waals surface area contributed by atoms with Gasteiger partial charge in [-0.2, -0.15) is 0 Å². The summed E-state index contributed by atoms with van der Waals surface area (Å²) < 4.78 is 166. The second-order valence-electron chi connectivity index (χ2n) is 20.9. The zero-order chi connectivity index (χ0) is 74.3. The Bertz CT molecular complexity index is 1600. The van der Waals surface area contributed by atoms with E-state index in [4.69, 9.17) is 159 Å². The molecular formula is C66H134N8O30. The van der Waals surface area contributed by atoms with Gasteiger partial charge in [0.25, 0.3) is 0 Å². The first-order valence-electron chi connectivity index (χ1n) is 36.6. The number of rotatable bonds is 98. The van der Waals surface area contributed by atoms with Gasteiger partial charge in [0.1, 0.15) is 0 Å².